The van der Waals surface area contributed by atoms with Gasteiger partial charge in [-0.25, -0.2) is 0 Å². The van der Waals surface area contributed by atoms with Gasteiger partial charge in [0.25, 0.3) is 0 Å². The molecule has 1 aliphatic carbocycles. The lowest BCUT2D eigenvalue weighted by molar-refractivity contribution is 0.357. The molecule has 1 nitrogen and oxygen atoms in total. The number of rotatable bonds is 2. The van der Waals surface area contributed by atoms with Crippen LogP contribution in [0.1, 0.15) is 37.7 Å². The van der Waals surface area contributed by atoms with E-state index >= 15 is 0 Å². The van der Waals surface area contributed by atoms with Crippen molar-refractivity contribution in [1.29, 1.82) is 0 Å². The molecule has 0 unspecified atom stereocenters. The average molecular weight is 225 g/mol. The van der Waals surface area contributed by atoms with Gasteiger partial charge in [0.15, 0.2) is 0 Å². The number of benzene rings is 1. The summed E-state index contributed by atoms with van der Waals surface area (Å²) >= 11 is 0. The molecule has 1 fully saturated rings. The van der Waals surface area contributed by atoms with Gasteiger partial charge in [-0.2, -0.15) is 0 Å². The van der Waals surface area contributed by atoms with E-state index in [1.165, 1.54) is 49.5 Å². The van der Waals surface area contributed by atoms with E-state index in [0.717, 1.165) is 11.4 Å². The van der Waals surface area contributed by atoms with Crippen LogP contribution in [0.3, 0.4) is 0 Å². The van der Waals surface area contributed by atoms with Crippen molar-refractivity contribution in [1.82, 2.24) is 4.98 Å². The van der Waals surface area contributed by atoms with Gasteiger partial charge in [0.2, 0.25) is 0 Å². The number of aromatic nitrogens is 1. The number of hydrogen-bond donors (Lipinski definition) is 0. The van der Waals surface area contributed by atoms with E-state index in [0.29, 0.717) is 0 Å². The van der Waals surface area contributed by atoms with E-state index in [9.17, 15) is 0 Å². The van der Waals surface area contributed by atoms with E-state index < -0.39 is 0 Å². The van der Waals surface area contributed by atoms with E-state index in [-0.39, 0.29) is 0 Å². The molecule has 1 aromatic heterocycles. The molecule has 17 heavy (non-hydrogen) atoms. The molecule has 2 aromatic rings. The minimum absolute atomic E-state index is 0.898. The Hall–Kier alpha value is -1.37. The fourth-order valence-corrected chi connectivity index (χ4v) is 3.04. The molecule has 1 aliphatic rings. The van der Waals surface area contributed by atoms with Crippen molar-refractivity contribution in [2.24, 2.45) is 5.92 Å². The Bertz CT molecular complexity index is 492. The lowest BCUT2D eigenvalue weighted by Gasteiger charge is -2.22. The monoisotopic (exact) mass is 225 g/mol. The van der Waals surface area contributed by atoms with Gasteiger partial charge in [-0.3, -0.25) is 4.98 Å². The van der Waals surface area contributed by atoms with Crippen LogP contribution >= 0.6 is 0 Å². The first-order valence-corrected chi connectivity index (χ1v) is 6.76. The van der Waals surface area contributed by atoms with Crippen LogP contribution in [-0.4, -0.2) is 4.98 Å². The molecule has 0 radical (unpaired) electrons. The summed E-state index contributed by atoms with van der Waals surface area (Å²) in [7, 11) is 0. The lowest BCUT2D eigenvalue weighted by Crippen LogP contribution is -2.09. The maximum absolute atomic E-state index is 4.43. The van der Waals surface area contributed by atoms with Gasteiger partial charge >= 0.3 is 0 Å². The fraction of sp³-hybridized carbons (Fsp3) is 0.438. The predicted octanol–water partition coefficient (Wildman–Crippen LogP) is 4.36. The molecule has 0 amide bonds. The largest absolute Gasteiger partial charge is 0.256 e. The molecule has 0 bridgehead atoms. The summed E-state index contributed by atoms with van der Waals surface area (Å²) in [6.07, 6.45) is 10.3. The third-order valence-corrected chi connectivity index (χ3v) is 3.97. The molecule has 1 aromatic carbocycles. The Kier molecular flexibility index (Phi) is 3.08. The summed E-state index contributed by atoms with van der Waals surface area (Å²) in [4.78, 5) is 4.43. The summed E-state index contributed by atoms with van der Waals surface area (Å²) < 4.78 is 0. The van der Waals surface area contributed by atoms with Gasteiger partial charge in [0.1, 0.15) is 0 Å². The highest BCUT2D eigenvalue weighted by Gasteiger charge is 2.14. The molecule has 0 aliphatic heterocycles. The topological polar surface area (TPSA) is 12.9 Å². The molecule has 88 valence electrons. The fourth-order valence-electron chi connectivity index (χ4n) is 3.04. The molecule has 0 N–H and O–H groups in total. The van der Waals surface area contributed by atoms with E-state index in [1.54, 1.807) is 0 Å². The zero-order chi connectivity index (χ0) is 11.5. The van der Waals surface area contributed by atoms with Crippen molar-refractivity contribution < 1.29 is 0 Å². The van der Waals surface area contributed by atoms with Crippen molar-refractivity contribution in [2.45, 2.75) is 38.5 Å². The van der Waals surface area contributed by atoms with Gasteiger partial charge in [0.05, 0.1) is 5.52 Å². The minimum atomic E-state index is 0.898. The smallest absolute Gasteiger partial charge is 0.0704 e. The van der Waals surface area contributed by atoms with Gasteiger partial charge in [-0.05, 0) is 30.0 Å². The first-order valence-electron chi connectivity index (χ1n) is 6.76. The van der Waals surface area contributed by atoms with Gasteiger partial charge in [0, 0.05) is 11.6 Å². The number of para-hydroxylation sites is 1. The number of hydrogen-bond acceptors (Lipinski definition) is 1. The van der Waals surface area contributed by atoms with Crippen molar-refractivity contribution in [3.63, 3.8) is 0 Å². The van der Waals surface area contributed by atoms with Crippen LogP contribution in [0.5, 0.6) is 0 Å². The standard InChI is InChI=1S/C16H19N/c1-2-6-13(7-3-1)12-14-10-11-17-16-9-5-4-8-15(14)16/h4-5,8-11,13H,1-3,6-7,12H2. The molecule has 0 saturated heterocycles. The van der Waals surface area contributed by atoms with Crippen LogP contribution < -0.4 is 0 Å². The van der Waals surface area contributed by atoms with Gasteiger partial charge in [-0.1, -0.05) is 50.3 Å². The second kappa shape index (κ2) is 4.87. The maximum atomic E-state index is 4.43. The van der Waals surface area contributed by atoms with Crippen molar-refractivity contribution in [3.05, 3.63) is 42.1 Å². The van der Waals surface area contributed by atoms with Crippen LogP contribution in [0.25, 0.3) is 10.9 Å². The number of fused-ring (bicyclic) bond motifs is 1. The Morgan fingerprint density at radius 1 is 1.00 bits per heavy atom. The summed E-state index contributed by atoms with van der Waals surface area (Å²) in [5.74, 6) is 0.898. The third-order valence-electron chi connectivity index (χ3n) is 3.97. The molecule has 0 spiro atoms. The van der Waals surface area contributed by atoms with Crippen LogP contribution in [-0.2, 0) is 6.42 Å². The number of pyridine rings is 1. The van der Waals surface area contributed by atoms with E-state index in [4.69, 9.17) is 0 Å². The number of nitrogens with zero attached hydrogens (tertiary/aromatic N) is 1. The van der Waals surface area contributed by atoms with Gasteiger partial charge < -0.3 is 0 Å². The maximum Gasteiger partial charge on any atom is 0.0704 e. The van der Waals surface area contributed by atoms with Crippen molar-refractivity contribution in [3.8, 4) is 0 Å². The summed E-state index contributed by atoms with van der Waals surface area (Å²) in [5.41, 5.74) is 2.63. The predicted molar refractivity (Wildman–Crippen MR) is 72.0 cm³/mol. The second-order valence-corrected chi connectivity index (χ2v) is 5.20. The van der Waals surface area contributed by atoms with Crippen LogP contribution in [0.15, 0.2) is 36.5 Å². The van der Waals surface area contributed by atoms with Crippen molar-refractivity contribution >= 4 is 10.9 Å². The normalized spacial score (nSPS) is 17.4. The second-order valence-electron chi connectivity index (χ2n) is 5.20. The summed E-state index contributed by atoms with van der Waals surface area (Å²) in [6, 6.07) is 10.7. The molecule has 0 atom stereocenters. The van der Waals surface area contributed by atoms with Gasteiger partial charge in [-0.15, -0.1) is 0 Å². The van der Waals surface area contributed by atoms with E-state index in [1.807, 2.05) is 6.20 Å². The zero-order valence-electron chi connectivity index (χ0n) is 10.2. The SMILES string of the molecule is c1ccc2c(CC3CCCCC3)ccnc2c1. The molecule has 1 saturated carbocycles. The first kappa shape index (κ1) is 10.8. The molecule has 1 heterocycles. The van der Waals surface area contributed by atoms with Crippen LogP contribution in [0.4, 0.5) is 0 Å². The Balaban J connectivity index is 1.89. The quantitative estimate of drug-likeness (QED) is 0.740. The highest BCUT2D eigenvalue weighted by atomic mass is 14.6. The highest BCUT2D eigenvalue weighted by molar-refractivity contribution is 5.81. The molecule has 1 heteroatoms. The lowest BCUT2D eigenvalue weighted by atomic mass is 9.84. The molecule has 3 rings (SSSR count). The third kappa shape index (κ3) is 2.33. The Morgan fingerprint density at radius 3 is 2.71 bits per heavy atom. The molecular formula is C16H19N. The average Bonchev–Trinajstić information content (AvgIpc) is 2.40. The highest BCUT2D eigenvalue weighted by Crippen LogP contribution is 2.28. The summed E-state index contributed by atoms with van der Waals surface area (Å²) in [5, 5.41) is 1.35. The Morgan fingerprint density at radius 2 is 1.82 bits per heavy atom. The first-order chi connectivity index (χ1) is 8.43. The zero-order valence-corrected chi connectivity index (χ0v) is 10.2. The minimum Gasteiger partial charge on any atom is -0.256 e. The van der Waals surface area contributed by atoms with Crippen LogP contribution in [0.2, 0.25) is 0 Å². The molecular weight excluding hydrogens is 206 g/mol. The summed E-state index contributed by atoms with van der Waals surface area (Å²) in [6.45, 7) is 0. The van der Waals surface area contributed by atoms with E-state index in [2.05, 4.69) is 35.3 Å². The van der Waals surface area contributed by atoms with Crippen LogP contribution in [0, 0.1) is 5.92 Å². The van der Waals surface area contributed by atoms with Crippen molar-refractivity contribution in [2.75, 3.05) is 0 Å². The Labute approximate surface area is 103 Å².